The van der Waals surface area contributed by atoms with Crippen molar-refractivity contribution in [1.82, 2.24) is 14.8 Å². The van der Waals surface area contributed by atoms with Crippen molar-refractivity contribution >= 4 is 5.69 Å². The molecule has 2 aromatic rings. The molecule has 5 heteroatoms. The average molecular weight is 188 g/mol. The SMILES string of the molecule is [C-]#[N+]c1c(F)cccc1-n1cncn1. The third-order valence-corrected chi connectivity index (χ3v) is 1.74. The maximum atomic E-state index is 13.2. The fourth-order valence-electron chi connectivity index (χ4n) is 1.13. The molecule has 4 nitrogen and oxygen atoms in total. The van der Waals surface area contributed by atoms with Crippen molar-refractivity contribution in [2.75, 3.05) is 0 Å². The van der Waals surface area contributed by atoms with Crippen LogP contribution in [0.5, 0.6) is 0 Å². The summed E-state index contributed by atoms with van der Waals surface area (Å²) >= 11 is 0. The third kappa shape index (κ3) is 1.23. The third-order valence-electron chi connectivity index (χ3n) is 1.74. The van der Waals surface area contributed by atoms with Crippen LogP contribution in [0.4, 0.5) is 10.1 Å². The highest BCUT2D eigenvalue weighted by Crippen LogP contribution is 2.25. The van der Waals surface area contributed by atoms with E-state index < -0.39 is 5.82 Å². The summed E-state index contributed by atoms with van der Waals surface area (Å²) in [6.07, 6.45) is 2.75. The Morgan fingerprint density at radius 3 is 2.93 bits per heavy atom. The highest BCUT2D eigenvalue weighted by atomic mass is 19.1. The van der Waals surface area contributed by atoms with Crippen LogP contribution >= 0.6 is 0 Å². The number of rotatable bonds is 1. The molecule has 0 aliphatic heterocycles. The van der Waals surface area contributed by atoms with Gasteiger partial charge in [-0.25, -0.2) is 18.9 Å². The summed E-state index contributed by atoms with van der Waals surface area (Å²) in [5, 5.41) is 3.83. The molecule has 14 heavy (non-hydrogen) atoms. The van der Waals surface area contributed by atoms with E-state index in [1.807, 2.05) is 0 Å². The molecule has 0 aliphatic carbocycles. The van der Waals surface area contributed by atoms with E-state index in [2.05, 4.69) is 14.9 Å². The van der Waals surface area contributed by atoms with Crippen LogP contribution in [0.1, 0.15) is 0 Å². The molecule has 1 aromatic heterocycles. The molecule has 68 valence electrons. The van der Waals surface area contributed by atoms with Crippen LogP contribution in [0.15, 0.2) is 30.9 Å². The van der Waals surface area contributed by atoms with Gasteiger partial charge in [-0.1, -0.05) is 6.07 Å². The standard InChI is InChI=1S/C9H5FN4/c1-11-9-7(10)3-2-4-8(9)14-6-12-5-13-14/h2-6H. The Morgan fingerprint density at radius 2 is 2.29 bits per heavy atom. The van der Waals surface area contributed by atoms with E-state index in [0.717, 1.165) is 0 Å². The lowest BCUT2D eigenvalue weighted by molar-refractivity contribution is 0.631. The largest absolute Gasteiger partial charge is 0.247 e. The van der Waals surface area contributed by atoms with Crippen LogP contribution in [0, 0.1) is 12.4 Å². The van der Waals surface area contributed by atoms with Gasteiger partial charge in [-0.3, -0.25) is 0 Å². The molecule has 0 saturated carbocycles. The topological polar surface area (TPSA) is 35.1 Å². The molecule has 0 amide bonds. The van der Waals surface area contributed by atoms with Crippen LogP contribution in [-0.2, 0) is 0 Å². The van der Waals surface area contributed by atoms with Gasteiger partial charge in [0.25, 0.3) is 0 Å². The Bertz CT molecular complexity index is 484. The lowest BCUT2D eigenvalue weighted by Crippen LogP contribution is -1.95. The molecule has 2 rings (SSSR count). The van der Waals surface area contributed by atoms with Crippen LogP contribution in [0.2, 0.25) is 0 Å². The highest BCUT2D eigenvalue weighted by molar-refractivity contribution is 5.62. The number of halogens is 1. The van der Waals surface area contributed by atoms with Crippen molar-refractivity contribution in [3.8, 4) is 5.69 Å². The van der Waals surface area contributed by atoms with E-state index in [4.69, 9.17) is 6.57 Å². The molecule has 1 aromatic carbocycles. The Hall–Kier alpha value is -2.22. The monoisotopic (exact) mass is 188 g/mol. The zero-order valence-corrected chi connectivity index (χ0v) is 7.05. The van der Waals surface area contributed by atoms with Gasteiger partial charge in [-0.2, -0.15) is 5.10 Å². The summed E-state index contributed by atoms with van der Waals surface area (Å²) in [6, 6.07) is 4.39. The van der Waals surface area contributed by atoms with Crippen LogP contribution in [-0.4, -0.2) is 14.8 Å². The summed E-state index contributed by atoms with van der Waals surface area (Å²) in [5.41, 5.74) is 0.357. The van der Waals surface area contributed by atoms with E-state index >= 15 is 0 Å². The first-order valence-electron chi connectivity index (χ1n) is 3.84. The summed E-state index contributed by atoms with van der Waals surface area (Å²) in [7, 11) is 0. The molecule has 0 spiro atoms. The molecular weight excluding hydrogens is 183 g/mol. The molecule has 0 bridgehead atoms. The Kier molecular flexibility index (Phi) is 1.95. The van der Waals surface area contributed by atoms with Gasteiger partial charge in [0.05, 0.1) is 12.3 Å². The van der Waals surface area contributed by atoms with Gasteiger partial charge in [0.15, 0.2) is 0 Å². The summed E-state index contributed by atoms with van der Waals surface area (Å²) in [6.45, 7) is 6.85. The first-order chi connectivity index (χ1) is 6.83. The van der Waals surface area contributed by atoms with Gasteiger partial charge in [0.1, 0.15) is 18.5 Å². The van der Waals surface area contributed by atoms with Crippen molar-refractivity contribution in [3.63, 3.8) is 0 Å². The van der Waals surface area contributed by atoms with E-state index in [1.165, 1.54) is 29.5 Å². The van der Waals surface area contributed by atoms with Gasteiger partial charge in [0.2, 0.25) is 5.69 Å². The van der Waals surface area contributed by atoms with Crippen molar-refractivity contribution in [2.24, 2.45) is 0 Å². The fourth-order valence-corrected chi connectivity index (χ4v) is 1.13. The zero-order chi connectivity index (χ0) is 9.97. The zero-order valence-electron chi connectivity index (χ0n) is 7.05. The Balaban J connectivity index is 2.66. The summed E-state index contributed by atoms with van der Waals surface area (Å²) < 4.78 is 14.5. The second-order valence-electron chi connectivity index (χ2n) is 2.56. The average Bonchev–Trinajstić information content (AvgIpc) is 2.70. The van der Waals surface area contributed by atoms with Crippen LogP contribution in [0.3, 0.4) is 0 Å². The molecule has 0 N–H and O–H groups in total. The number of nitrogens with zero attached hydrogens (tertiary/aromatic N) is 4. The highest BCUT2D eigenvalue weighted by Gasteiger charge is 2.09. The number of hydrogen-bond donors (Lipinski definition) is 0. The van der Waals surface area contributed by atoms with E-state index in [0.29, 0.717) is 5.69 Å². The number of hydrogen-bond acceptors (Lipinski definition) is 2. The van der Waals surface area contributed by atoms with Gasteiger partial charge < -0.3 is 0 Å². The maximum Gasteiger partial charge on any atom is 0.247 e. The van der Waals surface area contributed by atoms with Crippen molar-refractivity contribution in [2.45, 2.75) is 0 Å². The Labute approximate surface area is 79.4 Å². The van der Waals surface area contributed by atoms with E-state index in [-0.39, 0.29) is 5.69 Å². The summed E-state index contributed by atoms with van der Waals surface area (Å²) in [5.74, 6) is -0.548. The minimum Gasteiger partial charge on any atom is -0.233 e. The first kappa shape index (κ1) is 8.38. The minimum atomic E-state index is -0.548. The number of para-hydroxylation sites is 1. The lowest BCUT2D eigenvalue weighted by atomic mass is 10.2. The molecule has 0 saturated heterocycles. The second kappa shape index (κ2) is 3.26. The normalized spacial score (nSPS) is 9.71. The maximum absolute atomic E-state index is 13.2. The fraction of sp³-hybridized carbons (Fsp3) is 0. The Morgan fingerprint density at radius 1 is 1.43 bits per heavy atom. The number of aromatic nitrogens is 3. The molecule has 0 fully saturated rings. The predicted molar refractivity (Wildman–Crippen MR) is 47.6 cm³/mol. The first-order valence-corrected chi connectivity index (χ1v) is 3.84. The smallest absolute Gasteiger partial charge is 0.233 e. The molecule has 0 atom stereocenters. The number of benzene rings is 1. The molecular formula is C9H5FN4. The minimum absolute atomic E-state index is 0.0435. The van der Waals surface area contributed by atoms with Gasteiger partial charge in [-0.15, -0.1) is 0 Å². The second-order valence-corrected chi connectivity index (χ2v) is 2.56. The molecule has 0 aliphatic rings. The van der Waals surface area contributed by atoms with Crippen LogP contribution < -0.4 is 0 Å². The summed E-state index contributed by atoms with van der Waals surface area (Å²) in [4.78, 5) is 6.84. The van der Waals surface area contributed by atoms with Crippen molar-refractivity contribution in [3.05, 3.63) is 48.1 Å². The van der Waals surface area contributed by atoms with Crippen molar-refractivity contribution in [1.29, 1.82) is 0 Å². The van der Waals surface area contributed by atoms with Crippen molar-refractivity contribution < 1.29 is 4.39 Å². The molecule has 0 unspecified atom stereocenters. The van der Waals surface area contributed by atoms with E-state index in [9.17, 15) is 4.39 Å². The van der Waals surface area contributed by atoms with E-state index in [1.54, 1.807) is 6.07 Å². The van der Waals surface area contributed by atoms with Gasteiger partial charge >= 0.3 is 0 Å². The van der Waals surface area contributed by atoms with Gasteiger partial charge in [-0.05, 0) is 12.1 Å². The predicted octanol–water partition coefficient (Wildman–Crippen LogP) is 1.96. The lowest BCUT2D eigenvalue weighted by Gasteiger charge is -2.02. The van der Waals surface area contributed by atoms with Crippen LogP contribution in [0.25, 0.3) is 10.5 Å². The quantitative estimate of drug-likeness (QED) is 0.641. The molecule has 1 heterocycles. The van der Waals surface area contributed by atoms with Gasteiger partial charge in [0, 0.05) is 0 Å². The molecule has 0 radical (unpaired) electrons.